The number of phenols is 2. The SMILES string of the molecule is CN1CCC(NC(=O)Cc2cc(-c3c(O)cc(O)cc3Oc3ccc([N+](=O)[O-])cc3)on2)CC1.Cc1cc(C)c(-c2cc(C(=O)[O-])no2)c(Oc2ccc([N+](=O)[O-])cc2)c1.Cc1cc(C)c(-c2cc(CC(=O)NC3CCN(C)CC3)no2)c(Oc2ccc([N+](=O)[O-])cc2)c1.[K+]. The maximum Gasteiger partial charge on any atom is 1.00 e. The van der Waals surface area contributed by atoms with Crippen molar-refractivity contribution in [2.75, 3.05) is 40.3 Å². The van der Waals surface area contributed by atoms with Gasteiger partial charge in [0.2, 0.25) is 11.8 Å². The fraction of sp³-hybridized carbons (Fsp3) is 0.273. The summed E-state index contributed by atoms with van der Waals surface area (Å²) < 4.78 is 33.7. The minimum absolute atomic E-state index is 0. The van der Waals surface area contributed by atoms with E-state index in [1.807, 2.05) is 52.9 Å². The number of carbonyl (C=O) groups is 3. The zero-order chi connectivity index (χ0) is 67.3. The van der Waals surface area contributed by atoms with Gasteiger partial charge in [0, 0.05) is 78.8 Å². The number of aromatic nitrogens is 3. The summed E-state index contributed by atoms with van der Waals surface area (Å²) in [5, 5.41) is 81.4. The summed E-state index contributed by atoms with van der Waals surface area (Å²) in [7, 11) is 4.13. The van der Waals surface area contributed by atoms with Crippen molar-refractivity contribution < 1.29 is 124 Å². The van der Waals surface area contributed by atoms with E-state index in [4.69, 9.17) is 27.8 Å². The zero-order valence-electron chi connectivity index (χ0n) is 52.9. The van der Waals surface area contributed by atoms with E-state index in [1.54, 1.807) is 24.3 Å². The van der Waals surface area contributed by atoms with Gasteiger partial charge in [-0.15, -0.1) is 0 Å². The summed E-state index contributed by atoms with van der Waals surface area (Å²) in [6.45, 7) is 11.4. The molecule has 0 radical (unpaired) electrons. The number of nitro groups is 3. The molecular formula is C66H65KN10O18. The smallest absolute Gasteiger partial charge is 0.543 e. The van der Waals surface area contributed by atoms with Crippen molar-refractivity contribution in [3.8, 4) is 80.0 Å². The fourth-order valence-corrected chi connectivity index (χ4v) is 10.6. The first-order valence-electron chi connectivity index (χ1n) is 29.5. The number of carboxylic acids is 1. The van der Waals surface area contributed by atoms with Gasteiger partial charge in [0.15, 0.2) is 17.3 Å². The number of nitro benzene ring substituents is 3. The third kappa shape index (κ3) is 19.4. The first-order chi connectivity index (χ1) is 44.9. The molecule has 2 amide bonds. The van der Waals surface area contributed by atoms with Crippen LogP contribution in [0.15, 0.2) is 141 Å². The normalized spacial score (nSPS) is 13.4. The molecule has 0 bridgehead atoms. The Kier molecular flexibility index (Phi) is 24.1. The molecule has 488 valence electrons. The third-order valence-corrected chi connectivity index (χ3v) is 15.2. The van der Waals surface area contributed by atoms with Gasteiger partial charge in [0.1, 0.15) is 57.3 Å². The topological polar surface area (TPSA) is 380 Å². The van der Waals surface area contributed by atoms with Crippen LogP contribution in [0.2, 0.25) is 0 Å². The average Bonchev–Trinajstić information content (AvgIpc) is 1.80. The minimum atomic E-state index is -1.44. The van der Waals surface area contributed by atoms with Crippen LogP contribution in [0.5, 0.6) is 46.0 Å². The molecule has 28 nitrogen and oxygen atoms in total. The number of benzene rings is 6. The van der Waals surface area contributed by atoms with Gasteiger partial charge in [0.05, 0.1) is 56.1 Å². The quantitative estimate of drug-likeness (QED) is 0.0343. The van der Waals surface area contributed by atoms with Crippen molar-refractivity contribution in [1.82, 2.24) is 35.9 Å². The van der Waals surface area contributed by atoms with Gasteiger partial charge in [-0.2, -0.15) is 0 Å². The Labute approximate surface area is 585 Å². The van der Waals surface area contributed by atoms with E-state index in [2.05, 4.69) is 43.0 Å². The van der Waals surface area contributed by atoms with Crippen LogP contribution >= 0.6 is 0 Å². The number of carboxylic acid groups (broad SMARTS) is 1. The van der Waals surface area contributed by atoms with Crippen LogP contribution in [-0.2, 0) is 22.4 Å². The van der Waals surface area contributed by atoms with Gasteiger partial charge in [-0.05, 0) is 164 Å². The van der Waals surface area contributed by atoms with Crippen molar-refractivity contribution in [2.24, 2.45) is 0 Å². The second kappa shape index (κ2) is 32.3. The number of hydrogen-bond donors (Lipinski definition) is 4. The van der Waals surface area contributed by atoms with E-state index < -0.39 is 20.7 Å². The van der Waals surface area contributed by atoms with Crippen molar-refractivity contribution in [3.63, 3.8) is 0 Å². The third-order valence-electron chi connectivity index (χ3n) is 15.2. The number of phenolic OH excluding ortho intramolecular Hbond substituents is 2. The van der Waals surface area contributed by atoms with E-state index in [1.165, 1.54) is 78.9 Å². The number of nitrogens with zero attached hydrogens (tertiary/aromatic N) is 8. The summed E-state index contributed by atoms with van der Waals surface area (Å²) in [5.41, 5.74) is 5.44. The van der Waals surface area contributed by atoms with E-state index in [0.717, 1.165) is 85.7 Å². The number of amides is 2. The molecule has 6 aromatic carbocycles. The Bertz CT molecular complexity index is 4030. The van der Waals surface area contributed by atoms with Crippen LogP contribution < -0.4 is 81.3 Å². The first-order valence-corrected chi connectivity index (χ1v) is 29.5. The molecule has 0 unspecified atom stereocenters. The fourth-order valence-electron chi connectivity index (χ4n) is 10.6. The average molecular weight is 1330 g/mol. The van der Waals surface area contributed by atoms with Gasteiger partial charge in [0.25, 0.3) is 17.1 Å². The van der Waals surface area contributed by atoms with Gasteiger partial charge in [-0.25, -0.2) is 0 Å². The Morgan fingerprint density at radius 1 is 0.516 bits per heavy atom. The standard InChI is InChI=1S/C25H28N4O5.C23H24N4O7.C18H14N2O6.K/c1-16-12-17(2)25(22(13-16)33-21-6-4-20(5-7-21)29(31)32)23-14-19(27-34-23)15-24(30)26-18-8-10-28(3)11-9-18;1-26-8-6-14(7-9-26)24-22(30)11-15-10-21(34-25-15)23-19(29)12-17(28)13-20(23)33-18-4-2-16(3-5-18)27(31)32;1-10-7-11(2)17(16-9-14(18(21)22)19-26-16)15(8-10)25-13-5-3-12(4-6-13)20(23)24;/h4-7,12-14,18H,8-11,15H2,1-3H3,(H,26,30);2-5,10,12-14,28-29H,6-9,11H2,1H3,(H,24,30);3-9H,1-2H3,(H,21,22);/q;;;+1/p-1. The van der Waals surface area contributed by atoms with Gasteiger partial charge in [-0.3, -0.25) is 39.9 Å². The maximum atomic E-state index is 12.5. The van der Waals surface area contributed by atoms with Crippen molar-refractivity contribution in [3.05, 3.63) is 197 Å². The van der Waals surface area contributed by atoms with E-state index in [9.17, 15) is 60.0 Å². The predicted molar refractivity (Wildman–Crippen MR) is 337 cm³/mol. The Morgan fingerprint density at radius 2 is 0.863 bits per heavy atom. The number of carbonyl (C=O) groups excluding carboxylic acids is 3. The summed E-state index contributed by atoms with van der Waals surface area (Å²) in [6, 6.07) is 31.6. The van der Waals surface area contributed by atoms with E-state index in [0.29, 0.717) is 45.7 Å². The molecule has 4 N–H and O–H groups in total. The second-order valence-corrected chi connectivity index (χ2v) is 22.7. The van der Waals surface area contributed by atoms with Gasteiger partial charge >= 0.3 is 51.4 Å². The Morgan fingerprint density at radius 3 is 1.22 bits per heavy atom. The van der Waals surface area contributed by atoms with Crippen molar-refractivity contribution >= 4 is 34.8 Å². The number of rotatable bonds is 19. The number of aryl methyl sites for hydroxylation is 4. The maximum absolute atomic E-state index is 12.5. The second-order valence-electron chi connectivity index (χ2n) is 22.7. The molecule has 0 aliphatic carbocycles. The number of likely N-dealkylation sites (tertiary alicyclic amines) is 2. The van der Waals surface area contributed by atoms with Crippen molar-refractivity contribution in [2.45, 2.75) is 78.3 Å². The summed E-state index contributed by atoms with van der Waals surface area (Å²) in [6.07, 6.45) is 3.80. The minimum Gasteiger partial charge on any atom is -0.543 e. The zero-order valence-corrected chi connectivity index (χ0v) is 56.0. The molecule has 2 fully saturated rings. The summed E-state index contributed by atoms with van der Waals surface area (Å²) >= 11 is 0. The largest absolute Gasteiger partial charge is 1.00 e. The molecule has 0 saturated carbocycles. The number of nitrogens with one attached hydrogen (secondary N) is 2. The van der Waals surface area contributed by atoms with Crippen molar-refractivity contribution in [1.29, 1.82) is 0 Å². The summed E-state index contributed by atoms with van der Waals surface area (Å²) in [4.78, 5) is 71.4. The molecule has 0 spiro atoms. The molecule has 11 rings (SSSR count). The molecule has 3 aromatic heterocycles. The summed E-state index contributed by atoms with van der Waals surface area (Å²) in [5.74, 6) is 0.695. The Balaban J connectivity index is 0.000000183. The molecule has 2 aliphatic rings. The van der Waals surface area contributed by atoms with Crippen LogP contribution in [0.1, 0.15) is 69.8 Å². The molecule has 9 aromatic rings. The van der Waals surface area contributed by atoms with Crippen LogP contribution in [0.3, 0.4) is 0 Å². The molecule has 2 saturated heterocycles. The number of piperidine rings is 2. The van der Waals surface area contributed by atoms with Gasteiger partial charge < -0.3 is 68.3 Å². The Hall–Kier alpha value is -9.88. The van der Waals surface area contributed by atoms with Crippen LogP contribution in [0.25, 0.3) is 34.0 Å². The van der Waals surface area contributed by atoms with E-state index in [-0.39, 0.29) is 151 Å². The molecule has 5 heterocycles. The number of aromatic carboxylic acids is 1. The number of non-ortho nitro benzene ring substituents is 3. The van der Waals surface area contributed by atoms with E-state index >= 15 is 0 Å². The van der Waals surface area contributed by atoms with Gasteiger partial charge in [-0.1, -0.05) is 27.6 Å². The molecule has 2 aliphatic heterocycles. The number of hydrogen-bond acceptors (Lipinski definition) is 23. The molecule has 0 atom stereocenters. The monoisotopic (exact) mass is 1320 g/mol. The predicted octanol–water partition coefficient (Wildman–Crippen LogP) is 7.64. The van der Waals surface area contributed by atoms with Crippen LogP contribution in [0.4, 0.5) is 17.1 Å². The van der Waals surface area contributed by atoms with Crippen LogP contribution in [-0.4, -0.2) is 120 Å². The first kappa shape index (κ1) is 71.0. The van der Waals surface area contributed by atoms with Crippen LogP contribution in [0, 0.1) is 58.0 Å². The molecule has 95 heavy (non-hydrogen) atoms. The number of ether oxygens (including phenoxy) is 3. The molecule has 29 heteroatoms. The molecular weight excluding hydrogens is 1260 g/mol. The number of aromatic hydroxyl groups is 2.